The standard InChI is InChI=1S/C18H23F3N4O2S.HI/c1-4-22-17(23-9-8-16-25-15(11-28-16)18(19,20)21)24-12-6-7-13(26-3)14(10-12)27-5-2;/h6-7,10-11H,4-5,8-9H2,1-3H3,(H2,22,23,24);1H. The number of nitrogens with one attached hydrogen (secondary N) is 2. The van der Waals surface area contributed by atoms with Crippen molar-refractivity contribution in [3.8, 4) is 11.5 Å². The van der Waals surface area contributed by atoms with E-state index in [1.54, 1.807) is 19.2 Å². The Balaban J connectivity index is 0.00000420. The Labute approximate surface area is 188 Å². The number of halogens is 4. The van der Waals surface area contributed by atoms with Crippen LogP contribution in [-0.2, 0) is 12.6 Å². The number of rotatable bonds is 8. The zero-order valence-corrected chi connectivity index (χ0v) is 19.4. The molecule has 0 atom stereocenters. The first-order chi connectivity index (χ1) is 13.4. The largest absolute Gasteiger partial charge is 0.493 e. The predicted molar refractivity (Wildman–Crippen MR) is 120 cm³/mol. The molecule has 2 aromatic rings. The summed E-state index contributed by atoms with van der Waals surface area (Å²) in [6, 6.07) is 5.40. The lowest BCUT2D eigenvalue weighted by atomic mass is 10.2. The lowest BCUT2D eigenvalue weighted by Crippen LogP contribution is -2.30. The zero-order valence-electron chi connectivity index (χ0n) is 16.3. The Hall–Kier alpha value is -1.76. The number of guanidine groups is 1. The molecule has 2 rings (SSSR count). The van der Waals surface area contributed by atoms with Crippen LogP contribution >= 0.6 is 35.3 Å². The quantitative estimate of drug-likeness (QED) is 0.284. The highest BCUT2D eigenvalue weighted by Crippen LogP contribution is 2.31. The third kappa shape index (κ3) is 7.88. The van der Waals surface area contributed by atoms with Gasteiger partial charge in [0.25, 0.3) is 0 Å². The summed E-state index contributed by atoms with van der Waals surface area (Å²) < 4.78 is 48.7. The number of aromatic nitrogens is 1. The van der Waals surface area contributed by atoms with Gasteiger partial charge in [-0.05, 0) is 26.0 Å². The van der Waals surface area contributed by atoms with Gasteiger partial charge in [0, 0.05) is 36.6 Å². The van der Waals surface area contributed by atoms with Crippen LogP contribution in [0.2, 0.25) is 0 Å². The number of thiazole rings is 1. The number of anilines is 1. The van der Waals surface area contributed by atoms with Gasteiger partial charge in [-0.3, -0.25) is 4.99 Å². The summed E-state index contributed by atoms with van der Waals surface area (Å²) in [6.07, 6.45) is -4.09. The van der Waals surface area contributed by atoms with E-state index in [-0.39, 0.29) is 24.0 Å². The summed E-state index contributed by atoms with van der Waals surface area (Å²) in [5, 5.41) is 7.67. The van der Waals surface area contributed by atoms with Gasteiger partial charge in [-0.25, -0.2) is 4.98 Å². The molecule has 0 bridgehead atoms. The first-order valence-electron chi connectivity index (χ1n) is 8.75. The van der Waals surface area contributed by atoms with E-state index in [4.69, 9.17) is 9.47 Å². The van der Waals surface area contributed by atoms with Crippen LogP contribution in [0, 0.1) is 0 Å². The van der Waals surface area contributed by atoms with Crippen LogP contribution in [0.1, 0.15) is 24.5 Å². The number of benzene rings is 1. The van der Waals surface area contributed by atoms with E-state index >= 15 is 0 Å². The minimum absolute atomic E-state index is 0. The average molecular weight is 544 g/mol. The molecular weight excluding hydrogens is 520 g/mol. The van der Waals surface area contributed by atoms with Gasteiger partial charge in [0.05, 0.1) is 18.7 Å². The smallest absolute Gasteiger partial charge is 0.434 e. The molecule has 0 aliphatic heterocycles. The van der Waals surface area contributed by atoms with Crippen molar-refractivity contribution in [2.24, 2.45) is 4.99 Å². The number of alkyl halides is 3. The van der Waals surface area contributed by atoms with Crippen LogP contribution in [0.25, 0.3) is 0 Å². The molecule has 0 saturated carbocycles. The van der Waals surface area contributed by atoms with Crippen LogP contribution < -0.4 is 20.1 Å². The van der Waals surface area contributed by atoms with Gasteiger partial charge in [0.1, 0.15) is 0 Å². The predicted octanol–water partition coefficient (Wildman–Crippen LogP) is 4.81. The summed E-state index contributed by atoms with van der Waals surface area (Å²) in [4.78, 5) is 8.01. The summed E-state index contributed by atoms with van der Waals surface area (Å²) in [7, 11) is 1.57. The topological polar surface area (TPSA) is 67.8 Å². The first-order valence-corrected chi connectivity index (χ1v) is 9.63. The molecule has 29 heavy (non-hydrogen) atoms. The SMILES string of the molecule is CCNC(=NCCc1nc(C(F)(F)F)cs1)Nc1ccc(OC)c(OCC)c1.I. The Bertz CT molecular complexity index is 800. The molecule has 0 spiro atoms. The van der Waals surface area contributed by atoms with Crippen molar-refractivity contribution >= 4 is 47.0 Å². The number of nitrogens with zero attached hydrogens (tertiary/aromatic N) is 2. The highest BCUT2D eigenvalue weighted by molar-refractivity contribution is 14.0. The second-order valence-electron chi connectivity index (χ2n) is 5.56. The van der Waals surface area contributed by atoms with Crippen LogP contribution in [0.4, 0.5) is 18.9 Å². The van der Waals surface area contributed by atoms with E-state index in [2.05, 4.69) is 20.6 Å². The normalized spacial score (nSPS) is 11.6. The zero-order chi connectivity index (χ0) is 20.6. The third-order valence-corrected chi connectivity index (χ3v) is 4.42. The molecule has 6 nitrogen and oxygen atoms in total. The maximum atomic E-state index is 12.6. The van der Waals surface area contributed by atoms with Crippen LogP contribution in [-0.4, -0.2) is 37.7 Å². The maximum absolute atomic E-state index is 12.6. The fourth-order valence-corrected chi connectivity index (χ4v) is 3.08. The summed E-state index contributed by atoms with van der Waals surface area (Å²) in [5.41, 5.74) is -0.110. The Morgan fingerprint density at radius 2 is 2.00 bits per heavy atom. The van der Waals surface area contributed by atoms with Gasteiger partial charge < -0.3 is 20.1 Å². The van der Waals surface area contributed by atoms with E-state index in [1.165, 1.54) is 0 Å². The number of ether oxygens (including phenoxy) is 2. The summed E-state index contributed by atoms with van der Waals surface area (Å²) >= 11 is 0.985. The van der Waals surface area contributed by atoms with E-state index in [1.807, 2.05) is 19.9 Å². The van der Waals surface area contributed by atoms with Gasteiger partial charge in [-0.2, -0.15) is 13.2 Å². The highest BCUT2D eigenvalue weighted by atomic mass is 127. The highest BCUT2D eigenvalue weighted by Gasteiger charge is 2.33. The second-order valence-corrected chi connectivity index (χ2v) is 6.50. The molecule has 0 saturated heterocycles. The lowest BCUT2D eigenvalue weighted by Gasteiger charge is -2.14. The number of methoxy groups -OCH3 is 1. The third-order valence-electron chi connectivity index (χ3n) is 3.51. The molecule has 0 fully saturated rings. The Morgan fingerprint density at radius 3 is 2.59 bits per heavy atom. The molecule has 2 N–H and O–H groups in total. The number of hydrogen-bond donors (Lipinski definition) is 2. The van der Waals surface area contributed by atoms with Crippen molar-refractivity contribution in [1.82, 2.24) is 10.3 Å². The van der Waals surface area contributed by atoms with Gasteiger partial charge in [0.2, 0.25) is 0 Å². The number of aliphatic imine (C=N–C) groups is 1. The van der Waals surface area contributed by atoms with Crippen molar-refractivity contribution in [2.45, 2.75) is 26.4 Å². The van der Waals surface area contributed by atoms with Crippen molar-refractivity contribution in [3.63, 3.8) is 0 Å². The summed E-state index contributed by atoms with van der Waals surface area (Å²) in [5.74, 6) is 1.75. The van der Waals surface area contributed by atoms with Crippen molar-refractivity contribution in [2.75, 3.05) is 32.1 Å². The van der Waals surface area contributed by atoms with Crippen LogP contribution in [0.15, 0.2) is 28.6 Å². The monoisotopic (exact) mass is 544 g/mol. The summed E-state index contributed by atoms with van der Waals surface area (Å²) in [6.45, 7) is 5.24. The van der Waals surface area contributed by atoms with Gasteiger partial charge in [-0.15, -0.1) is 35.3 Å². The van der Waals surface area contributed by atoms with E-state index in [9.17, 15) is 13.2 Å². The average Bonchev–Trinajstić information content (AvgIpc) is 3.12. The Morgan fingerprint density at radius 1 is 1.24 bits per heavy atom. The van der Waals surface area contributed by atoms with Crippen molar-refractivity contribution < 1.29 is 22.6 Å². The van der Waals surface area contributed by atoms with E-state index in [0.717, 1.165) is 22.4 Å². The molecule has 1 aromatic carbocycles. The molecule has 162 valence electrons. The van der Waals surface area contributed by atoms with Crippen molar-refractivity contribution in [1.29, 1.82) is 0 Å². The molecule has 11 heteroatoms. The van der Waals surface area contributed by atoms with E-state index < -0.39 is 11.9 Å². The molecule has 1 aromatic heterocycles. The number of hydrogen-bond acceptors (Lipinski definition) is 5. The second kappa shape index (κ2) is 12.1. The van der Waals surface area contributed by atoms with Gasteiger partial charge in [-0.1, -0.05) is 0 Å². The maximum Gasteiger partial charge on any atom is 0.434 e. The molecular formula is C18H24F3IN4O2S. The first kappa shape index (κ1) is 25.3. The van der Waals surface area contributed by atoms with Crippen molar-refractivity contribution in [3.05, 3.63) is 34.3 Å². The van der Waals surface area contributed by atoms with Crippen LogP contribution in [0.3, 0.4) is 0 Å². The van der Waals surface area contributed by atoms with Gasteiger partial charge in [0.15, 0.2) is 23.2 Å². The molecule has 0 aliphatic carbocycles. The fourth-order valence-electron chi connectivity index (χ4n) is 2.29. The van der Waals surface area contributed by atoms with E-state index in [0.29, 0.717) is 48.6 Å². The van der Waals surface area contributed by atoms with Crippen LogP contribution in [0.5, 0.6) is 11.5 Å². The lowest BCUT2D eigenvalue weighted by molar-refractivity contribution is -0.140. The fraction of sp³-hybridized carbons (Fsp3) is 0.444. The van der Waals surface area contributed by atoms with Gasteiger partial charge >= 0.3 is 6.18 Å². The minimum atomic E-state index is -4.42. The molecule has 0 radical (unpaired) electrons. The molecule has 0 unspecified atom stereocenters. The molecule has 1 heterocycles. The molecule has 0 amide bonds. The minimum Gasteiger partial charge on any atom is -0.493 e. The molecule has 0 aliphatic rings. The Kier molecular flexibility index (Phi) is 10.5.